The molecule has 7 heteroatoms. The number of nitrogens with zero attached hydrogens (tertiary/aromatic N) is 1. The molecule has 1 heterocycles. The van der Waals surface area contributed by atoms with E-state index < -0.39 is 6.03 Å². The summed E-state index contributed by atoms with van der Waals surface area (Å²) in [6.07, 6.45) is 1.69. The number of carbonyl (C=O) groups is 2. The Bertz CT molecular complexity index is 578. The number of fused-ring (bicyclic) bond motifs is 1. The van der Waals surface area contributed by atoms with Crippen molar-refractivity contribution in [3.8, 4) is 0 Å². The number of nitrogens with one attached hydrogen (secondary N) is 3. The van der Waals surface area contributed by atoms with Crippen molar-refractivity contribution in [2.45, 2.75) is 0 Å². The summed E-state index contributed by atoms with van der Waals surface area (Å²) in [6.45, 7) is 0.621. The molecule has 0 unspecified atom stereocenters. The molecule has 0 aliphatic carbocycles. The van der Waals surface area contributed by atoms with Gasteiger partial charge in [0.2, 0.25) is 0 Å². The zero-order chi connectivity index (χ0) is 13.0. The molecule has 1 aromatic carbocycles. The largest absolute Gasteiger partial charge is 0.352 e. The molecule has 7 nitrogen and oxygen atoms in total. The molecule has 0 aliphatic heterocycles. The summed E-state index contributed by atoms with van der Waals surface area (Å²) >= 11 is 0. The fourth-order valence-electron chi connectivity index (χ4n) is 1.54. The van der Waals surface area contributed by atoms with Crippen LogP contribution in [0, 0.1) is 0 Å². The molecule has 18 heavy (non-hydrogen) atoms. The molecule has 2 rings (SSSR count). The molecule has 2 aromatic rings. The first-order chi connectivity index (χ1) is 8.66. The Morgan fingerprint density at radius 3 is 2.83 bits per heavy atom. The van der Waals surface area contributed by atoms with Crippen LogP contribution in [0.1, 0.15) is 10.4 Å². The fourth-order valence-corrected chi connectivity index (χ4v) is 1.54. The zero-order valence-corrected chi connectivity index (χ0v) is 9.56. The Hall–Kier alpha value is -2.57. The van der Waals surface area contributed by atoms with Crippen molar-refractivity contribution in [1.29, 1.82) is 0 Å². The number of carbonyl (C=O) groups excluding carboxylic acids is 2. The molecule has 0 atom stereocenters. The van der Waals surface area contributed by atoms with Crippen molar-refractivity contribution in [1.82, 2.24) is 20.8 Å². The van der Waals surface area contributed by atoms with Gasteiger partial charge in [-0.3, -0.25) is 9.89 Å². The smallest absolute Gasteiger partial charge is 0.312 e. The second-order valence-corrected chi connectivity index (χ2v) is 3.72. The first-order valence-corrected chi connectivity index (χ1v) is 5.41. The van der Waals surface area contributed by atoms with E-state index in [-0.39, 0.29) is 5.91 Å². The highest BCUT2D eigenvalue weighted by Crippen LogP contribution is 2.12. The average Bonchev–Trinajstić information content (AvgIpc) is 2.81. The molecule has 0 spiro atoms. The van der Waals surface area contributed by atoms with Crippen molar-refractivity contribution in [3.05, 3.63) is 30.0 Å². The Morgan fingerprint density at radius 2 is 2.06 bits per heavy atom. The number of amides is 3. The Morgan fingerprint density at radius 1 is 1.28 bits per heavy atom. The van der Waals surface area contributed by atoms with Crippen LogP contribution in [0.2, 0.25) is 0 Å². The second-order valence-electron chi connectivity index (χ2n) is 3.72. The maximum absolute atomic E-state index is 11.8. The molecule has 3 amide bonds. The normalized spacial score (nSPS) is 10.2. The van der Waals surface area contributed by atoms with Crippen LogP contribution in [0.3, 0.4) is 0 Å². The zero-order valence-electron chi connectivity index (χ0n) is 9.56. The number of hydrogen-bond donors (Lipinski definition) is 4. The van der Waals surface area contributed by atoms with E-state index in [2.05, 4.69) is 20.8 Å². The summed E-state index contributed by atoms with van der Waals surface area (Å²) in [7, 11) is 0. The van der Waals surface area contributed by atoms with Crippen LogP contribution in [-0.2, 0) is 0 Å². The van der Waals surface area contributed by atoms with E-state index in [1.165, 1.54) is 0 Å². The quantitative estimate of drug-likeness (QED) is 0.568. The lowest BCUT2D eigenvalue weighted by atomic mass is 10.1. The third kappa shape index (κ3) is 2.76. The summed E-state index contributed by atoms with van der Waals surface area (Å²) < 4.78 is 0. The van der Waals surface area contributed by atoms with E-state index in [4.69, 9.17) is 5.73 Å². The molecule has 5 N–H and O–H groups in total. The molecule has 0 bridgehead atoms. The van der Waals surface area contributed by atoms with Gasteiger partial charge in [0.15, 0.2) is 0 Å². The molecule has 0 radical (unpaired) electrons. The van der Waals surface area contributed by atoms with Gasteiger partial charge in [0, 0.05) is 24.0 Å². The highest BCUT2D eigenvalue weighted by molar-refractivity contribution is 5.97. The number of aromatic nitrogens is 2. The molecule has 0 saturated heterocycles. The van der Waals surface area contributed by atoms with Gasteiger partial charge in [0.1, 0.15) is 0 Å². The highest BCUT2D eigenvalue weighted by atomic mass is 16.2. The van der Waals surface area contributed by atoms with Gasteiger partial charge in [0.05, 0.1) is 11.7 Å². The Labute approximate surface area is 103 Å². The summed E-state index contributed by atoms with van der Waals surface area (Å²) in [5.74, 6) is -0.210. The minimum absolute atomic E-state index is 0.210. The van der Waals surface area contributed by atoms with Crippen molar-refractivity contribution >= 4 is 22.8 Å². The third-order valence-corrected chi connectivity index (χ3v) is 2.41. The van der Waals surface area contributed by atoms with E-state index in [0.29, 0.717) is 18.7 Å². The lowest BCUT2D eigenvalue weighted by Crippen LogP contribution is -2.37. The molecule has 0 aliphatic rings. The number of nitrogens with two attached hydrogens (primary N) is 1. The van der Waals surface area contributed by atoms with Gasteiger partial charge in [-0.2, -0.15) is 5.10 Å². The first kappa shape index (κ1) is 11.9. The second kappa shape index (κ2) is 5.17. The van der Waals surface area contributed by atoms with Gasteiger partial charge in [-0.15, -0.1) is 0 Å². The number of benzene rings is 1. The maximum atomic E-state index is 11.8. The van der Waals surface area contributed by atoms with Gasteiger partial charge < -0.3 is 16.4 Å². The van der Waals surface area contributed by atoms with E-state index in [9.17, 15) is 9.59 Å². The number of urea groups is 1. The fraction of sp³-hybridized carbons (Fsp3) is 0.182. The van der Waals surface area contributed by atoms with Gasteiger partial charge in [-0.1, -0.05) is 6.07 Å². The molecular formula is C11H13N5O2. The van der Waals surface area contributed by atoms with Crippen LogP contribution in [0.15, 0.2) is 24.4 Å². The standard InChI is InChI=1S/C11H13N5O2/c12-11(18)14-4-3-13-10(17)7-1-2-8-6-15-16-9(8)5-7/h1-2,5-6H,3-4H2,(H,13,17)(H,15,16)(H3,12,14,18). The van der Waals surface area contributed by atoms with E-state index in [1.54, 1.807) is 18.3 Å². The minimum atomic E-state index is -0.608. The highest BCUT2D eigenvalue weighted by Gasteiger charge is 2.06. The third-order valence-electron chi connectivity index (χ3n) is 2.41. The summed E-state index contributed by atoms with van der Waals surface area (Å²) in [6, 6.07) is 4.65. The molecule has 0 saturated carbocycles. The summed E-state index contributed by atoms with van der Waals surface area (Å²) in [5.41, 5.74) is 6.23. The van der Waals surface area contributed by atoms with Gasteiger partial charge in [-0.25, -0.2) is 4.79 Å². The number of aromatic amines is 1. The Balaban J connectivity index is 1.93. The predicted octanol–water partition coefficient (Wildman–Crippen LogP) is -0.0390. The van der Waals surface area contributed by atoms with E-state index in [1.807, 2.05) is 6.07 Å². The minimum Gasteiger partial charge on any atom is -0.352 e. The van der Waals surface area contributed by atoms with Crippen LogP contribution in [0.5, 0.6) is 0 Å². The summed E-state index contributed by atoms with van der Waals surface area (Å²) in [4.78, 5) is 22.2. The van der Waals surface area contributed by atoms with E-state index in [0.717, 1.165) is 10.9 Å². The Kier molecular flexibility index (Phi) is 3.42. The topological polar surface area (TPSA) is 113 Å². The monoisotopic (exact) mass is 247 g/mol. The van der Waals surface area contributed by atoms with Crippen LogP contribution >= 0.6 is 0 Å². The number of hydrogen-bond acceptors (Lipinski definition) is 3. The van der Waals surface area contributed by atoms with Crippen LogP contribution in [0.4, 0.5) is 4.79 Å². The van der Waals surface area contributed by atoms with Gasteiger partial charge in [0.25, 0.3) is 5.91 Å². The van der Waals surface area contributed by atoms with Crippen molar-refractivity contribution in [2.75, 3.05) is 13.1 Å². The number of primary amides is 1. The van der Waals surface area contributed by atoms with Crippen molar-refractivity contribution < 1.29 is 9.59 Å². The molecule has 94 valence electrons. The van der Waals surface area contributed by atoms with Crippen molar-refractivity contribution in [3.63, 3.8) is 0 Å². The predicted molar refractivity (Wildman–Crippen MR) is 66.0 cm³/mol. The lowest BCUT2D eigenvalue weighted by Gasteiger charge is -2.05. The van der Waals surface area contributed by atoms with Crippen LogP contribution in [0.25, 0.3) is 10.9 Å². The SMILES string of the molecule is NC(=O)NCCNC(=O)c1ccc2cn[nH]c2c1. The molecular weight excluding hydrogens is 234 g/mol. The van der Waals surface area contributed by atoms with Crippen LogP contribution in [-0.4, -0.2) is 35.2 Å². The van der Waals surface area contributed by atoms with Crippen LogP contribution < -0.4 is 16.4 Å². The van der Waals surface area contributed by atoms with Crippen molar-refractivity contribution in [2.24, 2.45) is 5.73 Å². The summed E-state index contributed by atoms with van der Waals surface area (Å²) in [5, 5.41) is 12.7. The van der Waals surface area contributed by atoms with Gasteiger partial charge >= 0.3 is 6.03 Å². The maximum Gasteiger partial charge on any atom is 0.312 e. The van der Waals surface area contributed by atoms with E-state index >= 15 is 0 Å². The first-order valence-electron chi connectivity index (χ1n) is 5.41. The molecule has 1 aromatic heterocycles. The number of H-pyrrole nitrogens is 1. The van der Waals surface area contributed by atoms with Gasteiger partial charge in [-0.05, 0) is 12.1 Å². The number of rotatable bonds is 4. The average molecular weight is 247 g/mol. The molecule has 0 fully saturated rings. The lowest BCUT2D eigenvalue weighted by molar-refractivity contribution is 0.0954.